The van der Waals surface area contributed by atoms with Crippen LogP contribution in [-0.4, -0.2) is 18.2 Å². The molecule has 0 radical (unpaired) electrons. The number of carbonyl (C=O) groups is 2. The van der Waals surface area contributed by atoms with Crippen LogP contribution < -0.4 is 4.90 Å². The van der Waals surface area contributed by atoms with Crippen LogP contribution in [0.1, 0.15) is 32.7 Å². The van der Waals surface area contributed by atoms with Crippen LogP contribution in [0, 0.1) is 6.92 Å². The third-order valence-corrected chi connectivity index (χ3v) is 4.24. The highest BCUT2D eigenvalue weighted by Crippen LogP contribution is 2.31. The van der Waals surface area contributed by atoms with Gasteiger partial charge >= 0.3 is 0 Å². The van der Waals surface area contributed by atoms with Crippen molar-refractivity contribution < 1.29 is 9.59 Å². The number of rotatable bonds is 1. The molecule has 0 unspecified atom stereocenters. The first-order valence-electron chi connectivity index (χ1n) is 6.78. The third kappa shape index (κ3) is 2.51. The molecule has 0 saturated carbocycles. The predicted molar refractivity (Wildman–Crippen MR) is 85.9 cm³/mol. The second-order valence-electron chi connectivity index (χ2n) is 5.11. The lowest BCUT2D eigenvalue weighted by Crippen LogP contribution is -2.38. The Hall–Kier alpha value is -1.94. The number of aryl methyl sites for hydroxylation is 1. The molecule has 0 spiro atoms. The van der Waals surface area contributed by atoms with E-state index in [2.05, 4.69) is 15.9 Å². The lowest BCUT2D eigenvalue weighted by Gasteiger charge is -2.30. The van der Waals surface area contributed by atoms with E-state index in [1.54, 1.807) is 23.1 Å². The quantitative estimate of drug-likeness (QED) is 0.784. The minimum absolute atomic E-state index is 0.0643. The lowest BCUT2D eigenvalue weighted by atomic mass is 9.96. The monoisotopic (exact) mass is 343 g/mol. The van der Waals surface area contributed by atoms with Crippen LogP contribution in [0.3, 0.4) is 0 Å². The van der Waals surface area contributed by atoms with E-state index in [0.717, 1.165) is 15.7 Å². The maximum absolute atomic E-state index is 12.7. The number of para-hydroxylation sites is 1. The molecule has 0 N–H and O–H groups in total. The first kappa shape index (κ1) is 14.0. The van der Waals surface area contributed by atoms with E-state index in [9.17, 15) is 9.59 Å². The van der Waals surface area contributed by atoms with Crippen LogP contribution in [0.2, 0.25) is 0 Å². The van der Waals surface area contributed by atoms with Crippen molar-refractivity contribution in [1.82, 2.24) is 0 Å². The van der Waals surface area contributed by atoms with E-state index < -0.39 is 0 Å². The Balaban J connectivity index is 2.05. The summed E-state index contributed by atoms with van der Waals surface area (Å²) in [6, 6.07) is 12.9. The number of nitrogens with zero attached hydrogens (tertiary/aromatic N) is 1. The lowest BCUT2D eigenvalue weighted by molar-refractivity contribution is 0.0955. The molecule has 106 valence electrons. The molecule has 1 amide bonds. The first-order valence-corrected chi connectivity index (χ1v) is 7.57. The highest BCUT2D eigenvalue weighted by Gasteiger charge is 2.29. The Kier molecular flexibility index (Phi) is 3.64. The molecular formula is C17H14BrNO2. The number of ketones is 1. The molecule has 3 nitrogen and oxygen atoms in total. The average Bonchev–Trinajstić information content (AvgIpc) is 2.49. The average molecular weight is 344 g/mol. The summed E-state index contributed by atoms with van der Waals surface area (Å²) in [6.45, 7) is 2.37. The number of hydrogen-bond donors (Lipinski definition) is 0. The van der Waals surface area contributed by atoms with Gasteiger partial charge in [0.15, 0.2) is 5.78 Å². The maximum atomic E-state index is 12.7. The summed E-state index contributed by atoms with van der Waals surface area (Å²) in [5.41, 5.74) is 2.97. The van der Waals surface area contributed by atoms with Gasteiger partial charge in [-0.3, -0.25) is 9.59 Å². The minimum Gasteiger partial charge on any atom is -0.307 e. The molecule has 1 aliphatic rings. The zero-order valence-electron chi connectivity index (χ0n) is 11.6. The fourth-order valence-corrected chi connectivity index (χ4v) is 2.92. The molecule has 21 heavy (non-hydrogen) atoms. The summed E-state index contributed by atoms with van der Waals surface area (Å²) in [7, 11) is 0. The highest BCUT2D eigenvalue weighted by atomic mass is 79.9. The smallest absolute Gasteiger partial charge is 0.258 e. The summed E-state index contributed by atoms with van der Waals surface area (Å²) in [5, 5.41) is 0. The van der Waals surface area contributed by atoms with Crippen molar-refractivity contribution in [2.75, 3.05) is 11.4 Å². The molecule has 2 aromatic carbocycles. The van der Waals surface area contributed by atoms with Crippen LogP contribution in [0.5, 0.6) is 0 Å². The Bertz CT molecular complexity index is 722. The van der Waals surface area contributed by atoms with Gasteiger partial charge in [0.25, 0.3) is 5.91 Å². The SMILES string of the molecule is Cc1cccc2c1N(C(=O)c1ccc(Br)cc1)CCC2=O. The number of fused-ring (bicyclic) bond motifs is 1. The third-order valence-electron chi connectivity index (χ3n) is 3.71. The van der Waals surface area contributed by atoms with Crippen molar-refractivity contribution in [1.29, 1.82) is 0 Å². The number of anilines is 1. The molecule has 3 rings (SSSR count). The predicted octanol–water partition coefficient (Wildman–Crippen LogP) is 3.99. The maximum Gasteiger partial charge on any atom is 0.258 e. The van der Waals surface area contributed by atoms with Gasteiger partial charge in [-0.05, 0) is 42.8 Å². The summed E-state index contributed by atoms with van der Waals surface area (Å²) in [6.07, 6.45) is 0.374. The fourth-order valence-electron chi connectivity index (χ4n) is 2.65. The number of Topliss-reactive ketones (excluding diaryl/α,β-unsaturated/α-hetero) is 1. The molecule has 4 heteroatoms. The van der Waals surface area contributed by atoms with E-state index in [-0.39, 0.29) is 11.7 Å². The van der Waals surface area contributed by atoms with E-state index in [0.29, 0.717) is 24.1 Å². The molecule has 0 fully saturated rings. The van der Waals surface area contributed by atoms with Gasteiger partial charge in [-0.15, -0.1) is 0 Å². The molecule has 0 saturated heterocycles. The first-order chi connectivity index (χ1) is 10.1. The summed E-state index contributed by atoms with van der Waals surface area (Å²) < 4.78 is 0.935. The highest BCUT2D eigenvalue weighted by molar-refractivity contribution is 9.10. The van der Waals surface area contributed by atoms with Crippen molar-refractivity contribution in [2.45, 2.75) is 13.3 Å². The fraction of sp³-hybridized carbons (Fsp3) is 0.176. The zero-order valence-corrected chi connectivity index (χ0v) is 13.2. The molecule has 0 atom stereocenters. The van der Waals surface area contributed by atoms with Crippen LogP contribution in [-0.2, 0) is 0 Å². The minimum atomic E-state index is -0.0643. The molecular weight excluding hydrogens is 330 g/mol. The Morgan fingerprint density at radius 3 is 2.57 bits per heavy atom. The van der Waals surface area contributed by atoms with Gasteiger partial charge in [0.05, 0.1) is 5.69 Å². The van der Waals surface area contributed by atoms with E-state index in [1.807, 2.05) is 31.2 Å². The van der Waals surface area contributed by atoms with Gasteiger partial charge in [0.1, 0.15) is 0 Å². The van der Waals surface area contributed by atoms with Crippen LogP contribution >= 0.6 is 15.9 Å². The Morgan fingerprint density at radius 1 is 1.14 bits per heavy atom. The van der Waals surface area contributed by atoms with Crippen LogP contribution in [0.4, 0.5) is 5.69 Å². The van der Waals surface area contributed by atoms with E-state index in [4.69, 9.17) is 0 Å². The second-order valence-corrected chi connectivity index (χ2v) is 6.02. The van der Waals surface area contributed by atoms with Gasteiger partial charge in [-0.25, -0.2) is 0 Å². The van der Waals surface area contributed by atoms with Gasteiger partial charge < -0.3 is 4.90 Å². The standard InChI is InChI=1S/C17H14BrNO2/c1-11-3-2-4-14-15(20)9-10-19(16(11)14)17(21)12-5-7-13(18)8-6-12/h2-8H,9-10H2,1H3. The summed E-state index contributed by atoms with van der Waals surface area (Å²) in [4.78, 5) is 26.5. The van der Waals surface area contributed by atoms with Gasteiger partial charge in [-0.2, -0.15) is 0 Å². The summed E-state index contributed by atoms with van der Waals surface area (Å²) in [5.74, 6) is 0.0408. The molecule has 1 heterocycles. The van der Waals surface area contributed by atoms with Crippen molar-refractivity contribution in [3.63, 3.8) is 0 Å². The molecule has 0 aliphatic carbocycles. The van der Waals surface area contributed by atoms with Gasteiger partial charge in [0.2, 0.25) is 0 Å². The van der Waals surface area contributed by atoms with Crippen molar-refractivity contribution in [2.24, 2.45) is 0 Å². The van der Waals surface area contributed by atoms with E-state index in [1.165, 1.54) is 0 Å². The normalized spacial score (nSPS) is 14.0. The van der Waals surface area contributed by atoms with Crippen LogP contribution in [0.25, 0.3) is 0 Å². The molecule has 0 aromatic heterocycles. The number of halogens is 1. The zero-order chi connectivity index (χ0) is 15.0. The molecule has 0 bridgehead atoms. The van der Waals surface area contributed by atoms with Gasteiger partial charge in [0, 0.05) is 28.6 Å². The topological polar surface area (TPSA) is 37.4 Å². The van der Waals surface area contributed by atoms with Crippen molar-refractivity contribution in [3.05, 3.63) is 63.6 Å². The van der Waals surface area contributed by atoms with Crippen molar-refractivity contribution in [3.8, 4) is 0 Å². The number of hydrogen-bond acceptors (Lipinski definition) is 2. The van der Waals surface area contributed by atoms with Gasteiger partial charge in [-0.1, -0.05) is 28.1 Å². The summed E-state index contributed by atoms with van der Waals surface area (Å²) >= 11 is 3.37. The number of carbonyl (C=O) groups excluding carboxylic acids is 2. The Morgan fingerprint density at radius 2 is 1.86 bits per heavy atom. The number of benzene rings is 2. The number of amides is 1. The largest absolute Gasteiger partial charge is 0.307 e. The van der Waals surface area contributed by atoms with Crippen molar-refractivity contribution >= 4 is 33.3 Å². The molecule has 2 aromatic rings. The Labute approximate surface area is 131 Å². The second kappa shape index (κ2) is 5.45. The van der Waals surface area contributed by atoms with E-state index >= 15 is 0 Å². The van der Waals surface area contributed by atoms with Crippen LogP contribution in [0.15, 0.2) is 46.9 Å². The molecule has 1 aliphatic heterocycles.